The van der Waals surface area contributed by atoms with Gasteiger partial charge in [-0.25, -0.2) is 4.68 Å². The van der Waals surface area contributed by atoms with Crippen molar-refractivity contribution in [1.29, 1.82) is 0 Å². The number of hydrogen-bond donors (Lipinski definition) is 2. The van der Waals surface area contributed by atoms with Gasteiger partial charge in [-0.2, -0.15) is 23.4 Å². The number of nitrogens with one attached hydrogen (secondary N) is 2. The molecule has 176 valence electrons. The topological polar surface area (TPSA) is 72.7 Å². The predicted molar refractivity (Wildman–Crippen MR) is 123 cm³/mol. The predicted octanol–water partition coefficient (Wildman–Crippen LogP) is 5.52. The molecule has 0 saturated carbocycles. The second-order valence-corrected chi connectivity index (χ2v) is 8.43. The number of nitrogens with zero attached hydrogens (tertiary/aromatic N) is 4. The molecule has 2 aromatic heterocycles. The number of rotatable bonds is 5. The first-order chi connectivity index (χ1) is 16.3. The fraction of sp³-hybridized carbons (Fsp3) is 0.261. The molecule has 0 spiro atoms. The highest BCUT2D eigenvalue weighted by atomic mass is 32.1. The van der Waals surface area contributed by atoms with Crippen molar-refractivity contribution >= 4 is 18.0 Å². The van der Waals surface area contributed by atoms with Crippen molar-refractivity contribution in [2.45, 2.75) is 31.2 Å². The van der Waals surface area contributed by atoms with E-state index in [9.17, 15) is 13.2 Å². The minimum atomic E-state index is -4.47. The third-order valence-corrected chi connectivity index (χ3v) is 6.25. The molecular formula is C23H21F3N6OS. The van der Waals surface area contributed by atoms with Gasteiger partial charge in [0.1, 0.15) is 11.6 Å². The van der Waals surface area contributed by atoms with E-state index in [-0.39, 0.29) is 12.2 Å². The lowest BCUT2D eigenvalue weighted by atomic mass is 9.96. The number of aromatic nitrogens is 5. The standard InChI is InChI=1S/C23H21F3N6OS/c1-33-16-9-7-15(8-10-16)18-11-19(23(24,25)26)32-20(28-18)17(12-27-32)21-29-30-22(34)31(21)13-14-5-3-2-4-6-14/h2-10,12,18-19,28H,11,13H2,1H3,(H,30,34)/t18-,19-/m0/s1. The Morgan fingerprint density at radius 1 is 1.12 bits per heavy atom. The summed E-state index contributed by atoms with van der Waals surface area (Å²) in [6, 6.07) is 14.3. The van der Waals surface area contributed by atoms with Crippen molar-refractivity contribution in [3.8, 4) is 17.1 Å². The van der Waals surface area contributed by atoms with Gasteiger partial charge < -0.3 is 10.1 Å². The lowest BCUT2D eigenvalue weighted by Gasteiger charge is -2.34. The first-order valence-electron chi connectivity index (χ1n) is 10.6. The summed E-state index contributed by atoms with van der Waals surface area (Å²) < 4.78 is 50.5. The Hall–Kier alpha value is -3.60. The van der Waals surface area contributed by atoms with Crippen molar-refractivity contribution < 1.29 is 17.9 Å². The largest absolute Gasteiger partial charge is 0.497 e. The van der Waals surface area contributed by atoms with Crippen molar-refractivity contribution in [3.63, 3.8) is 0 Å². The van der Waals surface area contributed by atoms with Crippen LogP contribution in [0.5, 0.6) is 5.75 Å². The van der Waals surface area contributed by atoms with Crippen LogP contribution in [0.2, 0.25) is 0 Å². The summed E-state index contributed by atoms with van der Waals surface area (Å²) >= 11 is 5.41. The van der Waals surface area contributed by atoms with Crippen LogP contribution < -0.4 is 10.1 Å². The maximum atomic E-state index is 14.1. The highest BCUT2D eigenvalue weighted by Gasteiger charge is 2.47. The average Bonchev–Trinajstić information content (AvgIpc) is 3.41. The molecule has 0 unspecified atom stereocenters. The third-order valence-electron chi connectivity index (χ3n) is 5.94. The molecule has 34 heavy (non-hydrogen) atoms. The van der Waals surface area contributed by atoms with Gasteiger partial charge in [0.15, 0.2) is 16.6 Å². The smallest absolute Gasteiger partial charge is 0.410 e. The van der Waals surface area contributed by atoms with Gasteiger partial charge in [-0.05, 0) is 35.5 Å². The Morgan fingerprint density at radius 2 is 1.85 bits per heavy atom. The molecule has 1 aliphatic heterocycles. The van der Waals surface area contributed by atoms with Gasteiger partial charge in [-0.15, -0.1) is 0 Å². The summed E-state index contributed by atoms with van der Waals surface area (Å²) in [5, 5.41) is 14.5. The number of H-pyrrole nitrogens is 1. The van der Waals surface area contributed by atoms with E-state index in [0.717, 1.165) is 15.8 Å². The second kappa shape index (κ2) is 8.64. The van der Waals surface area contributed by atoms with E-state index in [2.05, 4.69) is 20.6 Å². The molecule has 0 fully saturated rings. The van der Waals surface area contributed by atoms with E-state index >= 15 is 0 Å². The molecule has 4 aromatic rings. The number of halogens is 3. The van der Waals surface area contributed by atoms with E-state index in [0.29, 0.717) is 28.5 Å². The van der Waals surface area contributed by atoms with Crippen LogP contribution in [0.4, 0.5) is 19.0 Å². The van der Waals surface area contributed by atoms with Crippen LogP contribution in [0.3, 0.4) is 0 Å². The Bertz CT molecular complexity index is 1340. The van der Waals surface area contributed by atoms with Crippen molar-refractivity contribution in [3.05, 3.63) is 76.7 Å². The lowest BCUT2D eigenvalue weighted by Crippen LogP contribution is -2.35. The van der Waals surface area contributed by atoms with Gasteiger partial charge >= 0.3 is 6.18 Å². The molecule has 0 saturated heterocycles. The molecule has 1 aliphatic rings. The fourth-order valence-corrected chi connectivity index (χ4v) is 4.41. The van der Waals surface area contributed by atoms with E-state index in [1.807, 2.05) is 30.3 Å². The normalized spacial score (nSPS) is 17.8. The van der Waals surface area contributed by atoms with Crippen LogP contribution in [0.15, 0.2) is 60.8 Å². The van der Waals surface area contributed by atoms with Crippen LogP contribution in [-0.2, 0) is 6.54 Å². The van der Waals surface area contributed by atoms with Crippen molar-refractivity contribution in [2.75, 3.05) is 12.4 Å². The summed E-state index contributed by atoms with van der Waals surface area (Å²) in [7, 11) is 1.54. The van der Waals surface area contributed by atoms with Crippen molar-refractivity contribution in [1.82, 2.24) is 24.5 Å². The van der Waals surface area contributed by atoms with Gasteiger partial charge in [0, 0.05) is 6.42 Å². The summed E-state index contributed by atoms with van der Waals surface area (Å²) in [5.41, 5.74) is 2.15. The van der Waals surface area contributed by atoms with E-state index in [1.165, 1.54) is 6.20 Å². The Kier molecular flexibility index (Phi) is 5.64. The molecule has 0 bridgehead atoms. The Morgan fingerprint density at radius 3 is 2.53 bits per heavy atom. The Labute approximate surface area is 198 Å². The maximum Gasteiger partial charge on any atom is 0.410 e. The molecule has 0 aliphatic carbocycles. The van der Waals surface area contributed by atoms with Gasteiger partial charge in [0.2, 0.25) is 0 Å². The number of fused-ring (bicyclic) bond motifs is 1. The van der Waals surface area contributed by atoms with Gasteiger partial charge in [0.05, 0.1) is 31.5 Å². The number of aromatic amines is 1. The molecule has 2 N–H and O–H groups in total. The number of anilines is 1. The van der Waals surface area contributed by atoms with Crippen LogP contribution in [0.25, 0.3) is 11.4 Å². The molecule has 2 atom stereocenters. The SMILES string of the molecule is COc1ccc([C@@H]2C[C@@H](C(F)(F)F)n3ncc(-c4n[nH]c(=S)n4Cc4ccccc4)c3N2)cc1. The number of hydrogen-bond acceptors (Lipinski definition) is 5. The highest BCUT2D eigenvalue weighted by Crippen LogP contribution is 2.46. The molecule has 7 nitrogen and oxygen atoms in total. The summed E-state index contributed by atoms with van der Waals surface area (Å²) in [6.07, 6.45) is -3.26. The molecule has 11 heteroatoms. The number of benzene rings is 2. The molecule has 0 radical (unpaired) electrons. The van der Waals surface area contributed by atoms with Crippen LogP contribution in [-0.4, -0.2) is 37.8 Å². The number of ether oxygens (including phenoxy) is 1. The second-order valence-electron chi connectivity index (χ2n) is 8.04. The lowest BCUT2D eigenvalue weighted by molar-refractivity contribution is -0.173. The first kappa shape index (κ1) is 22.2. The summed E-state index contributed by atoms with van der Waals surface area (Å²) in [4.78, 5) is 0. The van der Waals surface area contributed by atoms with Crippen molar-refractivity contribution in [2.24, 2.45) is 0 Å². The first-order valence-corrected chi connectivity index (χ1v) is 11.0. The third kappa shape index (κ3) is 4.07. The summed E-state index contributed by atoms with van der Waals surface area (Å²) in [5.74, 6) is 1.30. The monoisotopic (exact) mass is 486 g/mol. The minimum Gasteiger partial charge on any atom is -0.497 e. The average molecular weight is 487 g/mol. The van der Waals surface area contributed by atoms with Gasteiger partial charge in [0.25, 0.3) is 0 Å². The van der Waals surface area contributed by atoms with E-state index in [1.54, 1.807) is 35.9 Å². The molecule has 2 aromatic carbocycles. The fourth-order valence-electron chi connectivity index (χ4n) is 4.22. The minimum absolute atomic E-state index is 0.194. The highest BCUT2D eigenvalue weighted by molar-refractivity contribution is 7.71. The zero-order valence-corrected chi connectivity index (χ0v) is 18.9. The zero-order valence-electron chi connectivity index (χ0n) is 18.1. The molecule has 3 heterocycles. The van der Waals surface area contributed by atoms with Crippen LogP contribution in [0, 0.1) is 4.77 Å². The zero-order chi connectivity index (χ0) is 23.9. The van der Waals surface area contributed by atoms with E-state index in [4.69, 9.17) is 17.0 Å². The van der Waals surface area contributed by atoms with Crippen LogP contribution in [0.1, 0.15) is 29.6 Å². The van der Waals surface area contributed by atoms with Gasteiger partial charge in [-0.1, -0.05) is 42.5 Å². The quantitative estimate of drug-likeness (QED) is 0.364. The number of alkyl halides is 3. The summed E-state index contributed by atoms with van der Waals surface area (Å²) in [6.45, 7) is 0.417. The van der Waals surface area contributed by atoms with Gasteiger partial charge in [-0.3, -0.25) is 9.67 Å². The molecule has 5 rings (SSSR count). The van der Waals surface area contributed by atoms with Crippen LogP contribution >= 0.6 is 12.2 Å². The molecular weight excluding hydrogens is 465 g/mol. The Balaban J connectivity index is 1.57. The number of methoxy groups -OCH3 is 1. The maximum absolute atomic E-state index is 14.1. The van der Waals surface area contributed by atoms with E-state index < -0.39 is 18.3 Å². The molecule has 0 amide bonds.